The van der Waals surface area contributed by atoms with Crippen LogP contribution in [-0.2, 0) is 4.79 Å². The molecular formula is C13H18BrNO3. The average Bonchev–Trinajstić information content (AvgIpc) is 2.35. The summed E-state index contributed by atoms with van der Waals surface area (Å²) in [7, 11) is 1.64. The van der Waals surface area contributed by atoms with Crippen molar-refractivity contribution in [2.75, 3.05) is 19.0 Å². The second kappa shape index (κ2) is 7.97. The van der Waals surface area contributed by atoms with Gasteiger partial charge in [-0.1, -0.05) is 6.42 Å². The van der Waals surface area contributed by atoms with Gasteiger partial charge in [-0.15, -0.1) is 0 Å². The summed E-state index contributed by atoms with van der Waals surface area (Å²) in [5.74, 6) is 0.0880. The van der Waals surface area contributed by atoms with Crippen molar-refractivity contribution in [3.63, 3.8) is 0 Å². The molecule has 0 saturated heterocycles. The lowest BCUT2D eigenvalue weighted by molar-refractivity contribution is -0.137. The fraction of sp³-hybridized carbons (Fsp3) is 0.462. The molecule has 0 aliphatic rings. The van der Waals surface area contributed by atoms with Crippen LogP contribution in [0.1, 0.15) is 25.7 Å². The molecule has 100 valence electrons. The van der Waals surface area contributed by atoms with E-state index in [1.165, 1.54) is 0 Å². The summed E-state index contributed by atoms with van der Waals surface area (Å²) in [5, 5.41) is 11.8. The van der Waals surface area contributed by atoms with Gasteiger partial charge in [0.15, 0.2) is 0 Å². The Morgan fingerprint density at radius 2 is 2.17 bits per heavy atom. The number of rotatable bonds is 8. The standard InChI is InChI=1S/C13H18BrNO3/c1-18-10-6-7-11(14)12(9-10)15-8-4-2-3-5-13(16)17/h6-7,9,15H,2-5,8H2,1H3,(H,16,17). The largest absolute Gasteiger partial charge is 0.497 e. The number of carbonyl (C=O) groups is 1. The molecule has 1 rings (SSSR count). The van der Waals surface area contributed by atoms with Crippen molar-refractivity contribution in [3.8, 4) is 5.75 Å². The summed E-state index contributed by atoms with van der Waals surface area (Å²) in [6, 6.07) is 5.76. The van der Waals surface area contributed by atoms with Crippen molar-refractivity contribution in [1.29, 1.82) is 0 Å². The van der Waals surface area contributed by atoms with Gasteiger partial charge in [0, 0.05) is 23.5 Å². The van der Waals surface area contributed by atoms with Crippen molar-refractivity contribution in [1.82, 2.24) is 0 Å². The summed E-state index contributed by atoms with van der Waals surface area (Å²) in [4.78, 5) is 10.3. The summed E-state index contributed by atoms with van der Waals surface area (Å²) < 4.78 is 6.15. The van der Waals surface area contributed by atoms with Crippen molar-refractivity contribution in [3.05, 3.63) is 22.7 Å². The molecule has 5 heteroatoms. The molecule has 0 aromatic heterocycles. The first-order chi connectivity index (χ1) is 8.63. The molecule has 0 fully saturated rings. The zero-order valence-electron chi connectivity index (χ0n) is 10.4. The SMILES string of the molecule is COc1ccc(Br)c(NCCCCCC(=O)O)c1. The molecule has 0 unspecified atom stereocenters. The van der Waals surface area contributed by atoms with Crippen LogP contribution in [-0.4, -0.2) is 24.7 Å². The Kier molecular flexibility index (Phi) is 6.57. The molecule has 1 aromatic carbocycles. The summed E-state index contributed by atoms with van der Waals surface area (Å²) in [6.45, 7) is 0.825. The monoisotopic (exact) mass is 315 g/mol. The highest BCUT2D eigenvalue weighted by Gasteiger charge is 2.01. The maximum atomic E-state index is 10.3. The molecule has 1 aromatic rings. The van der Waals surface area contributed by atoms with E-state index in [2.05, 4.69) is 21.2 Å². The van der Waals surface area contributed by atoms with E-state index in [0.29, 0.717) is 0 Å². The summed E-state index contributed by atoms with van der Waals surface area (Å²) in [5.41, 5.74) is 0.993. The third-order valence-corrected chi connectivity index (χ3v) is 3.25. The predicted molar refractivity (Wildman–Crippen MR) is 75.3 cm³/mol. The van der Waals surface area contributed by atoms with Crippen LogP contribution in [0.5, 0.6) is 5.75 Å². The first kappa shape index (κ1) is 14.8. The van der Waals surface area contributed by atoms with E-state index in [1.807, 2.05) is 18.2 Å². The minimum atomic E-state index is -0.724. The number of hydrogen-bond acceptors (Lipinski definition) is 3. The normalized spacial score (nSPS) is 10.1. The number of methoxy groups -OCH3 is 1. The molecule has 0 atom stereocenters. The molecule has 18 heavy (non-hydrogen) atoms. The number of anilines is 1. The molecule has 2 N–H and O–H groups in total. The van der Waals surface area contributed by atoms with Gasteiger partial charge in [-0.3, -0.25) is 4.79 Å². The molecule has 0 amide bonds. The van der Waals surface area contributed by atoms with Gasteiger partial charge in [-0.25, -0.2) is 0 Å². The van der Waals surface area contributed by atoms with E-state index in [-0.39, 0.29) is 6.42 Å². The van der Waals surface area contributed by atoms with Crippen LogP contribution >= 0.6 is 15.9 Å². The number of carboxylic acid groups (broad SMARTS) is 1. The number of ether oxygens (including phenoxy) is 1. The minimum Gasteiger partial charge on any atom is -0.497 e. The third kappa shape index (κ3) is 5.40. The second-order valence-electron chi connectivity index (χ2n) is 3.98. The molecule has 0 aliphatic heterocycles. The maximum Gasteiger partial charge on any atom is 0.303 e. The summed E-state index contributed by atoms with van der Waals surface area (Å²) >= 11 is 3.47. The van der Waals surface area contributed by atoms with Crippen LogP contribution in [0, 0.1) is 0 Å². The molecule has 0 bridgehead atoms. The zero-order chi connectivity index (χ0) is 13.4. The fourth-order valence-corrected chi connectivity index (χ4v) is 1.95. The number of unbranched alkanes of at least 4 members (excludes halogenated alkanes) is 2. The fourth-order valence-electron chi connectivity index (χ4n) is 1.57. The Hall–Kier alpha value is -1.23. The van der Waals surface area contributed by atoms with Gasteiger partial charge in [-0.05, 0) is 40.9 Å². The lowest BCUT2D eigenvalue weighted by atomic mass is 10.2. The third-order valence-electron chi connectivity index (χ3n) is 2.56. The Labute approximate surface area is 115 Å². The highest BCUT2D eigenvalue weighted by Crippen LogP contribution is 2.27. The van der Waals surface area contributed by atoms with Crippen LogP contribution in [0.15, 0.2) is 22.7 Å². The van der Waals surface area contributed by atoms with E-state index in [9.17, 15) is 4.79 Å². The van der Waals surface area contributed by atoms with Gasteiger partial charge in [0.1, 0.15) is 5.75 Å². The number of benzene rings is 1. The zero-order valence-corrected chi connectivity index (χ0v) is 12.0. The number of carboxylic acids is 1. The van der Waals surface area contributed by atoms with Crippen molar-refractivity contribution in [2.24, 2.45) is 0 Å². The average molecular weight is 316 g/mol. The number of nitrogens with one attached hydrogen (secondary N) is 1. The highest BCUT2D eigenvalue weighted by molar-refractivity contribution is 9.10. The van der Waals surface area contributed by atoms with E-state index in [4.69, 9.17) is 9.84 Å². The highest BCUT2D eigenvalue weighted by atomic mass is 79.9. The quantitative estimate of drug-likeness (QED) is 0.721. The predicted octanol–water partition coefficient (Wildman–Crippen LogP) is 3.51. The second-order valence-corrected chi connectivity index (χ2v) is 4.83. The van der Waals surface area contributed by atoms with Gasteiger partial charge in [0.05, 0.1) is 12.8 Å². The van der Waals surface area contributed by atoms with Crippen LogP contribution in [0.4, 0.5) is 5.69 Å². The minimum absolute atomic E-state index is 0.253. The van der Waals surface area contributed by atoms with Crippen LogP contribution in [0.2, 0.25) is 0 Å². The molecule has 0 spiro atoms. The Morgan fingerprint density at radius 3 is 2.83 bits per heavy atom. The smallest absolute Gasteiger partial charge is 0.303 e. The van der Waals surface area contributed by atoms with Gasteiger partial charge in [0.25, 0.3) is 0 Å². The van der Waals surface area contributed by atoms with Crippen molar-refractivity contribution in [2.45, 2.75) is 25.7 Å². The molecule has 0 saturated carbocycles. The van der Waals surface area contributed by atoms with Gasteiger partial charge in [0.2, 0.25) is 0 Å². The molecule has 0 radical (unpaired) electrons. The molecular weight excluding hydrogens is 298 g/mol. The molecule has 0 heterocycles. The van der Waals surface area contributed by atoms with Crippen LogP contribution in [0.3, 0.4) is 0 Å². The number of hydrogen-bond donors (Lipinski definition) is 2. The van der Waals surface area contributed by atoms with Crippen molar-refractivity contribution >= 4 is 27.6 Å². The van der Waals surface area contributed by atoms with Crippen molar-refractivity contribution < 1.29 is 14.6 Å². The first-order valence-corrected chi connectivity index (χ1v) is 6.72. The van der Waals surface area contributed by atoms with Crippen LogP contribution in [0.25, 0.3) is 0 Å². The first-order valence-electron chi connectivity index (χ1n) is 5.92. The van der Waals surface area contributed by atoms with Crippen LogP contribution < -0.4 is 10.1 Å². The number of halogens is 1. The van der Waals surface area contributed by atoms with E-state index in [0.717, 1.165) is 41.7 Å². The van der Waals surface area contributed by atoms with E-state index >= 15 is 0 Å². The lowest BCUT2D eigenvalue weighted by Crippen LogP contribution is -2.03. The van der Waals surface area contributed by atoms with Gasteiger partial charge < -0.3 is 15.2 Å². The van der Waals surface area contributed by atoms with E-state index < -0.39 is 5.97 Å². The Morgan fingerprint density at radius 1 is 1.39 bits per heavy atom. The summed E-state index contributed by atoms with van der Waals surface area (Å²) in [6.07, 6.45) is 2.86. The molecule has 4 nitrogen and oxygen atoms in total. The van der Waals surface area contributed by atoms with Gasteiger partial charge in [-0.2, -0.15) is 0 Å². The number of aliphatic carboxylic acids is 1. The lowest BCUT2D eigenvalue weighted by Gasteiger charge is -2.10. The Balaban J connectivity index is 2.28. The Bertz CT molecular complexity index is 396. The maximum absolute atomic E-state index is 10.3. The van der Waals surface area contributed by atoms with E-state index in [1.54, 1.807) is 7.11 Å². The molecule has 0 aliphatic carbocycles. The van der Waals surface area contributed by atoms with Gasteiger partial charge >= 0.3 is 5.97 Å². The topological polar surface area (TPSA) is 58.6 Å².